The van der Waals surface area contributed by atoms with Gasteiger partial charge in [0, 0.05) is 19.3 Å². The molecule has 1 unspecified atom stereocenters. The summed E-state index contributed by atoms with van der Waals surface area (Å²) in [4.78, 5) is 38.1. The third kappa shape index (κ3) is 60.1. The molecule has 0 aliphatic rings. The molecule has 0 aromatic heterocycles. The summed E-state index contributed by atoms with van der Waals surface area (Å²) in [6, 6.07) is 0. The van der Waals surface area contributed by atoms with Crippen molar-refractivity contribution in [2.45, 2.75) is 348 Å². The average Bonchev–Trinajstić information content (AvgIpc) is 3.39. The molecule has 73 heavy (non-hydrogen) atoms. The van der Waals surface area contributed by atoms with Crippen molar-refractivity contribution in [3.05, 3.63) is 48.6 Å². The maximum atomic E-state index is 12.8. The Balaban J connectivity index is 3.99. The van der Waals surface area contributed by atoms with E-state index in [0.29, 0.717) is 19.3 Å². The van der Waals surface area contributed by atoms with Crippen LogP contribution in [-0.2, 0) is 28.6 Å². The minimum atomic E-state index is -0.777. The van der Waals surface area contributed by atoms with Gasteiger partial charge in [-0.05, 0) is 96.3 Å². The second kappa shape index (κ2) is 61.9. The number of hydrogen-bond donors (Lipinski definition) is 0. The first-order valence-electron chi connectivity index (χ1n) is 32.1. The Morgan fingerprint density at radius 2 is 0.521 bits per heavy atom. The molecular formula is C67H122O6. The SMILES string of the molecule is CCC/C=C\CCCCCCCC(=O)OCC(COC(=O)CCCCCCCCCCCCCCCCCCCCCCC/C=C\C/C=C\CCCCCCC)OC(=O)CCCCCCC/C=C\CCCCC. The average molecular weight is 1020 g/mol. The third-order valence-electron chi connectivity index (χ3n) is 14.3. The summed E-state index contributed by atoms with van der Waals surface area (Å²) >= 11 is 0. The van der Waals surface area contributed by atoms with Crippen LogP contribution in [0.25, 0.3) is 0 Å². The Bertz CT molecular complexity index is 1270. The summed E-state index contributed by atoms with van der Waals surface area (Å²) in [6.07, 6.45) is 77.3. The number of esters is 3. The van der Waals surface area contributed by atoms with Gasteiger partial charge in [0.05, 0.1) is 0 Å². The van der Waals surface area contributed by atoms with Crippen LogP contribution in [0.4, 0.5) is 0 Å². The minimum absolute atomic E-state index is 0.0756. The molecule has 0 heterocycles. The van der Waals surface area contributed by atoms with E-state index in [9.17, 15) is 14.4 Å². The molecule has 0 aromatic carbocycles. The van der Waals surface area contributed by atoms with Gasteiger partial charge in [-0.3, -0.25) is 14.4 Å². The Hall–Kier alpha value is -2.63. The number of rotatable bonds is 59. The topological polar surface area (TPSA) is 78.9 Å². The number of ether oxygens (including phenoxy) is 3. The van der Waals surface area contributed by atoms with Crippen molar-refractivity contribution < 1.29 is 28.6 Å². The van der Waals surface area contributed by atoms with Crippen LogP contribution >= 0.6 is 0 Å². The molecule has 426 valence electrons. The highest BCUT2D eigenvalue weighted by Gasteiger charge is 2.19. The van der Waals surface area contributed by atoms with Gasteiger partial charge in [0.25, 0.3) is 0 Å². The molecule has 0 bridgehead atoms. The molecule has 1 atom stereocenters. The zero-order valence-electron chi connectivity index (χ0n) is 48.9. The predicted octanol–water partition coefficient (Wildman–Crippen LogP) is 21.8. The molecule has 0 N–H and O–H groups in total. The third-order valence-corrected chi connectivity index (χ3v) is 14.3. The molecule has 0 amide bonds. The van der Waals surface area contributed by atoms with E-state index in [2.05, 4.69) is 69.4 Å². The number of unbranched alkanes of at least 4 members (excludes halogenated alkanes) is 40. The second-order valence-corrected chi connectivity index (χ2v) is 21.7. The van der Waals surface area contributed by atoms with Crippen molar-refractivity contribution in [2.24, 2.45) is 0 Å². The van der Waals surface area contributed by atoms with E-state index in [0.717, 1.165) is 89.9 Å². The van der Waals surface area contributed by atoms with Crippen molar-refractivity contribution in [3.8, 4) is 0 Å². The molecule has 0 aliphatic heterocycles. The van der Waals surface area contributed by atoms with Crippen LogP contribution in [-0.4, -0.2) is 37.2 Å². The van der Waals surface area contributed by atoms with Gasteiger partial charge < -0.3 is 14.2 Å². The molecule has 0 aromatic rings. The maximum Gasteiger partial charge on any atom is 0.306 e. The van der Waals surface area contributed by atoms with Crippen molar-refractivity contribution in [1.29, 1.82) is 0 Å². The van der Waals surface area contributed by atoms with Gasteiger partial charge in [0.1, 0.15) is 13.2 Å². The summed E-state index contributed by atoms with van der Waals surface area (Å²) in [6.45, 7) is 6.56. The number of carbonyl (C=O) groups excluding carboxylic acids is 3. The quantitative estimate of drug-likeness (QED) is 0.0261. The van der Waals surface area contributed by atoms with Gasteiger partial charge in [0.2, 0.25) is 0 Å². The number of allylic oxidation sites excluding steroid dienone is 8. The van der Waals surface area contributed by atoms with Gasteiger partial charge in [-0.15, -0.1) is 0 Å². The van der Waals surface area contributed by atoms with E-state index in [4.69, 9.17) is 14.2 Å². The first kappa shape index (κ1) is 70.4. The zero-order valence-corrected chi connectivity index (χ0v) is 48.9. The Kier molecular flexibility index (Phi) is 59.7. The van der Waals surface area contributed by atoms with Gasteiger partial charge in [-0.25, -0.2) is 0 Å². The largest absolute Gasteiger partial charge is 0.462 e. The van der Waals surface area contributed by atoms with E-state index < -0.39 is 6.10 Å². The minimum Gasteiger partial charge on any atom is -0.462 e. The summed E-state index contributed by atoms with van der Waals surface area (Å²) in [5.41, 5.74) is 0. The number of carbonyl (C=O) groups is 3. The van der Waals surface area contributed by atoms with Gasteiger partial charge >= 0.3 is 17.9 Å². The van der Waals surface area contributed by atoms with E-state index >= 15 is 0 Å². The Morgan fingerprint density at radius 3 is 0.849 bits per heavy atom. The lowest BCUT2D eigenvalue weighted by Gasteiger charge is -2.18. The smallest absolute Gasteiger partial charge is 0.306 e. The standard InChI is InChI=1S/C67H122O6/c1-4-7-10-13-16-19-22-24-25-26-27-28-29-30-31-32-33-34-35-36-37-38-39-40-41-42-43-44-46-48-51-54-57-60-66(69)72-63-64(62-71-65(68)59-56-53-50-47-21-18-15-12-9-6-3)73-67(70)61-58-55-52-49-45-23-20-17-14-11-8-5-2/h12,15,17,20,22,24,26-27,64H,4-11,13-14,16,18-19,21,23,25,28-63H2,1-3H3/b15-12-,20-17-,24-22-,27-26-. The first-order valence-corrected chi connectivity index (χ1v) is 32.1. The molecule has 0 radical (unpaired) electrons. The van der Waals surface area contributed by atoms with Crippen LogP contribution in [0.5, 0.6) is 0 Å². The molecule has 6 heteroatoms. The van der Waals surface area contributed by atoms with Crippen molar-refractivity contribution >= 4 is 17.9 Å². The lowest BCUT2D eigenvalue weighted by atomic mass is 10.0. The molecule has 0 aliphatic carbocycles. The highest BCUT2D eigenvalue weighted by atomic mass is 16.6. The maximum absolute atomic E-state index is 12.8. The predicted molar refractivity (Wildman–Crippen MR) is 316 cm³/mol. The van der Waals surface area contributed by atoms with Gasteiger partial charge in [-0.1, -0.05) is 275 Å². The van der Waals surface area contributed by atoms with Crippen LogP contribution < -0.4 is 0 Å². The lowest BCUT2D eigenvalue weighted by Crippen LogP contribution is -2.30. The molecule has 6 nitrogen and oxygen atoms in total. The Labute approximate surface area is 454 Å². The van der Waals surface area contributed by atoms with Crippen LogP contribution in [0.2, 0.25) is 0 Å². The lowest BCUT2D eigenvalue weighted by molar-refractivity contribution is -0.167. The summed E-state index contributed by atoms with van der Waals surface area (Å²) in [5.74, 6) is -0.882. The van der Waals surface area contributed by atoms with Crippen LogP contribution in [0.3, 0.4) is 0 Å². The van der Waals surface area contributed by atoms with E-state index in [-0.39, 0.29) is 31.1 Å². The van der Waals surface area contributed by atoms with Crippen molar-refractivity contribution in [3.63, 3.8) is 0 Å². The fraction of sp³-hybridized carbons (Fsp3) is 0.836. The Morgan fingerprint density at radius 1 is 0.274 bits per heavy atom. The molecule has 0 saturated carbocycles. The highest BCUT2D eigenvalue weighted by molar-refractivity contribution is 5.71. The van der Waals surface area contributed by atoms with Gasteiger partial charge in [0.15, 0.2) is 6.10 Å². The zero-order chi connectivity index (χ0) is 52.9. The van der Waals surface area contributed by atoms with Crippen LogP contribution in [0.15, 0.2) is 48.6 Å². The van der Waals surface area contributed by atoms with E-state index in [1.807, 2.05) is 0 Å². The van der Waals surface area contributed by atoms with Crippen molar-refractivity contribution in [2.75, 3.05) is 13.2 Å². The van der Waals surface area contributed by atoms with Crippen LogP contribution in [0, 0.1) is 0 Å². The summed E-state index contributed by atoms with van der Waals surface area (Å²) in [5, 5.41) is 0. The van der Waals surface area contributed by atoms with E-state index in [1.165, 1.54) is 212 Å². The first-order chi connectivity index (χ1) is 36.0. The monoisotopic (exact) mass is 1020 g/mol. The number of hydrogen-bond acceptors (Lipinski definition) is 6. The van der Waals surface area contributed by atoms with Gasteiger partial charge in [-0.2, -0.15) is 0 Å². The second-order valence-electron chi connectivity index (χ2n) is 21.7. The molecule has 0 saturated heterocycles. The van der Waals surface area contributed by atoms with Crippen LogP contribution in [0.1, 0.15) is 342 Å². The fourth-order valence-corrected chi connectivity index (χ4v) is 9.41. The summed E-state index contributed by atoms with van der Waals surface area (Å²) < 4.78 is 16.8. The molecule has 0 fully saturated rings. The fourth-order valence-electron chi connectivity index (χ4n) is 9.41. The van der Waals surface area contributed by atoms with Crippen molar-refractivity contribution in [1.82, 2.24) is 0 Å². The highest BCUT2D eigenvalue weighted by Crippen LogP contribution is 2.17. The molecular weight excluding hydrogens is 901 g/mol. The van der Waals surface area contributed by atoms with E-state index in [1.54, 1.807) is 0 Å². The normalized spacial score (nSPS) is 12.3. The summed E-state index contributed by atoms with van der Waals surface area (Å²) in [7, 11) is 0. The molecule has 0 spiro atoms. The molecule has 0 rings (SSSR count).